The molecule has 0 aliphatic heterocycles. The molecular formula is C4H10ClNO3. The van der Waals surface area contributed by atoms with Crippen LogP contribution in [0, 0.1) is 0 Å². The predicted octanol–water partition coefficient (Wildman–Crippen LogP) is -5.23. The second kappa shape index (κ2) is 5.81. The average Bonchev–Trinajstić information content (AvgIpc) is 1.84. The number of carbonyl (C=O) groups is 1. The molecule has 0 heterocycles. The normalized spacial score (nSPS) is 11.4. The van der Waals surface area contributed by atoms with Gasteiger partial charge in [0.05, 0.1) is 7.11 Å². The van der Waals surface area contributed by atoms with E-state index in [1.54, 1.807) is 0 Å². The van der Waals surface area contributed by atoms with Gasteiger partial charge in [-0.05, 0) is 0 Å². The number of quaternary nitrogens is 1. The molecule has 0 saturated carbocycles. The molecule has 0 aromatic heterocycles. The first kappa shape index (κ1) is 11.5. The summed E-state index contributed by atoms with van der Waals surface area (Å²) in [6, 6.07) is 0. The molecule has 0 aliphatic carbocycles. The minimum Gasteiger partial charge on any atom is -1.00 e. The van der Waals surface area contributed by atoms with Crippen LogP contribution in [-0.2, 0) is 9.53 Å². The molecule has 0 aliphatic rings. The zero-order chi connectivity index (χ0) is 6.57. The number of halogens is 1. The average molecular weight is 156 g/mol. The molecule has 4 nitrogen and oxygen atoms in total. The molecule has 56 valence electrons. The van der Waals surface area contributed by atoms with Gasteiger partial charge < -0.3 is 28.0 Å². The van der Waals surface area contributed by atoms with Crippen LogP contribution in [0.3, 0.4) is 0 Å². The van der Waals surface area contributed by atoms with Gasteiger partial charge in [0.15, 0.2) is 0 Å². The summed E-state index contributed by atoms with van der Waals surface area (Å²) < 4.78 is 4.17. The Morgan fingerprint density at radius 1 is 1.89 bits per heavy atom. The number of methoxy groups -OCH3 is 1. The van der Waals surface area contributed by atoms with Crippen molar-refractivity contribution in [3.05, 3.63) is 0 Å². The first-order valence-corrected chi connectivity index (χ1v) is 2.27. The van der Waals surface area contributed by atoms with Crippen molar-refractivity contribution in [3.63, 3.8) is 0 Å². The fourth-order valence-electron chi connectivity index (χ4n) is 0.254. The molecule has 0 fully saturated rings. The van der Waals surface area contributed by atoms with Crippen LogP contribution in [0.4, 0.5) is 0 Å². The zero-order valence-corrected chi connectivity index (χ0v) is 5.89. The van der Waals surface area contributed by atoms with Crippen molar-refractivity contribution in [1.82, 2.24) is 0 Å². The molecule has 0 radical (unpaired) electrons. The van der Waals surface area contributed by atoms with E-state index in [0.717, 1.165) is 0 Å². The number of hydrogen-bond acceptors (Lipinski definition) is 3. The van der Waals surface area contributed by atoms with E-state index in [9.17, 15) is 4.79 Å². The maximum Gasteiger partial charge on any atom is 0.340 e. The van der Waals surface area contributed by atoms with Crippen LogP contribution in [0.15, 0.2) is 0 Å². The summed E-state index contributed by atoms with van der Waals surface area (Å²) in [6.07, 6.45) is -1.06. The Morgan fingerprint density at radius 2 is 2.33 bits per heavy atom. The van der Waals surface area contributed by atoms with Gasteiger partial charge >= 0.3 is 5.97 Å². The second-order valence-electron chi connectivity index (χ2n) is 1.33. The number of hydrogen-bond donors (Lipinski definition) is 2. The van der Waals surface area contributed by atoms with Gasteiger partial charge in [-0.2, -0.15) is 0 Å². The monoisotopic (exact) mass is 155 g/mol. The maximum absolute atomic E-state index is 10.2. The third kappa shape index (κ3) is 4.20. The lowest BCUT2D eigenvalue weighted by Crippen LogP contribution is -3.00. The number of rotatable bonds is 2. The van der Waals surface area contributed by atoms with E-state index in [-0.39, 0.29) is 19.0 Å². The van der Waals surface area contributed by atoms with Gasteiger partial charge in [0.25, 0.3) is 0 Å². The smallest absolute Gasteiger partial charge is 0.340 e. The van der Waals surface area contributed by atoms with E-state index in [2.05, 4.69) is 10.5 Å². The summed E-state index contributed by atoms with van der Waals surface area (Å²) in [5.41, 5.74) is 3.30. The van der Waals surface area contributed by atoms with Gasteiger partial charge in [-0.1, -0.05) is 0 Å². The fourth-order valence-corrected chi connectivity index (χ4v) is 0.254. The third-order valence-electron chi connectivity index (χ3n) is 0.747. The Balaban J connectivity index is 0. The highest BCUT2D eigenvalue weighted by molar-refractivity contribution is 5.74. The zero-order valence-electron chi connectivity index (χ0n) is 5.13. The molecule has 1 unspecified atom stereocenters. The van der Waals surface area contributed by atoms with Crippen LogP contribution >= 0.6 is 0 Å². The molecule has 0 amide bonds. The molecular weight excluding hydrogens is 146 g/mol. The highest BCUT2D eigenvalue weighted by atomic mass is 35.5. The van der Waals surface area contributed by atoms with E-state index in [0.29, 0.717) is 0 Å². The summed E-state index contributed by atoms with van der Waals surface area (Å²) in [4.78, 5) is 10.2. The summed E-state index contributed by atoms with van der Waals surface area (Å²) in [6.45, 7) is 0.159. The molecule has 4 N–H and O–H groups in total. The topological polar surface area (TPSA) is 74.2 Å². The summed E-state index contributed by atoms with van der Waals surface area (Å²) in [7, 11) is 1.22. The van der Waals surface area contributed by atoms with Gasteiger partial charge in [0, 0.05) is 0 Å². The summed E-state index contributed by atoms with van der Waals surface area (Å²) >= 11 is 0. The van der Waals surface area contributed by atoms with E-state index in [1.807, 2.05) is 0 Å². The van der Waals surface area contributed by atoms with E-state index in [4.69, 9.17) is 5.11 Å². The lowest BCUT2D eigenvalue weighted by atomic mass is 10.4. The van der Waals surface area contributed by atoms with E-state index < -0.39 is 12.1 Å². The Hall–Kier alpha value is -0.320. The van der Waals surface area contributed by atoms with Crippen LogP contribution in [0.1, 0.15) is 0 Å². The Morgan fingerprint density at radius 3 is 2.44 bits per heavy atom. The van der Waals surface area contributed by atoms with Crippen molar-refractivity contribution in [2.45, 2.75) is 6.10 Å². The Labute approximate surface area is 59.4 Å². The van der Waals surface area contributed by atoms with Gasteiger partial charge in [-0.25, -0.2) is 4.79 Å². The second-order valence-corrected chi connectivity index (χ2v) is 1.33. The molecule has 9 heavy (non-hydrogen) atoms. The minimum absolute atomic E-state index is 0. The van der Waals surface area contributed by atoms with Crippen LogP contribution in [-0.4, -0.2) is 30.8 Å². The van der Waals surface area contributed by atoms with Crippen molar-refractivity contribution in [2.75, 3.05) is 13.7 Å². The standard InChI is InChI=1S/C4H9NO3.ClH/c1-8-4(7)3(6)2-5;/h3,6H,2,5H2,1H3;1H. The van der Waals surface area contributed by atoms with E-state index in [1.165, 1.54) is 7.11 Å². The third-order valence-corrected chi connectivity index (χ3v) is 0.747. The van der Waals surface area contributed by atoms with Gasteiger partial charge in [-0.3, -0.25) is 0 Å². The Bertz CT molecular complexity index is 87.9. The number of ether oxygens (including phenoxy) is 1. The maximum atomic E-state index is 10.2. The Kier molecular flexibility index (Phi) is 7.41. The SMILES string of the molecule is COC(=O)C(O)C[NH3+].[Cl-]. The fraction of sp³-hybridized carbons (Fsp3) is 0.750. The van der Waals surface area contributed by atoms with Crippen molar-refractivity contribution < 1.29 is 32.8 Å². The first-order valence-electron chi connectivity index (χ1n) is 2.27. The summed E-state index contributed by atoms with van der Waals surface area (Å²) in [5.74, 6) is -0.625. The highest BCUT2D eigenvalue weighted by Crippen LogP contribution is 1.79. The van der Waals surface area contributed by atoms with E-state index >= 15 is 0 Å². The van der Waals surface area contributed by atoms with Crippen LogP contribution in [0.25, 0.3) is 0 Å². The molecule has 0 bridgehead atoms. The van der Waals surface area contributed by atoms with Crippen molar-refractivity contribution in [3.8, 4) is 0 Å². The van der Waals surface area contributed by atoms with Gasteiger partial charge in [0.1, 0.15) is 6.54 Å². The lowest BCUT2D eigenvalue weighted by Gasteiger charge is -2.00. The van der Waals surface area contributed by atoms with Crippen molar-refractivity contribution in [2.24, 2.45) is 0 Å². The minimum atomic E-state index is -1.06. The van der Waals surface area contributed by atoms with Crippen molar-refractivity contribution in [1.29, 1.82) is 0 Å². The summed E-state index contributed by atoms with van der Waals surface area (Å²) in [5, 5.41) is 8.59. The number of esters is 1. The lowest BCUT2D eigenvalue weighted by molar-refractivity contribution is -0.381. The largest absolute Gasteiger partial charge is 1.00 e. The number of aliphatic hydroxyl groups excluding tert-OH is 1. The molecule has 0 aromatic rings. The molecule has 0 aromatic carbocycles. The molecule has 1 atom stereocenters. The first-order chi connectivity index (χ1) is 3.72. The van der Waals surface area contributed by atoms with Gasteiger partial charge in [-0.15, -0.1) is 0 Å². The van der Waals surface area contributed by atoms with Crippen LogP contribution in [0.5, 0.6) is 0 Å². The number of aliphatic hydroxyl groups is 1. The molecule has 5 heteroatoms. The van der Waals surface area contributed by atoms with Crippen LogP contribution < -0.4 is 18.1 Å². The molecule has 0 rings (SSSR count). The number of carbonyl (C=O) groups excluding carboxylic acids is 1. The quantitative estimate of drug-likeness (QED) is 0.392. The molecule has 0 spiro atoms. The highest BCUT2D eigenvalue weighted by Gasteiger charge is 2.13. The van der Waals surface area contributed by atoms with Crippen molar-refractivity contribution >= 4 is 5.97 Å². The molecule has 0 saturated heterocycles. The van der Waals surface area contributed by atoms with Crippen LogP contribution in [0.2, 0.25) is 0 Å². The van der Waals surface area contributed by atoms with Gasteiger partial charge in [0.2, 0.25) is 6.10 Å². The predicted molar refractivity (Wildman–Crippen MR) is 25.8 cm³/mol.